The SMILES string of the molecule is CCC1Cc2c(ccc3nc(N)n(CN(C)C)c23)O1.CCCn1c(N)nc2ccc3c(c21)CC(CC)O3. The highest BCUT2D eigenvalue weighted by Gasteiger charge is 2.27. The Morgan fingerprint density at radius 2 is 1.30 bits per heavy atom. The summed E-state index contributed by atoms with van der Waals surface area (Å²) < 4.78 is 16.0. The standard InChI is InChI=1S/C14H20N4O.C14H19N3O/c1-4-9-7-10-12(19-9)6-5-11-13(10)18(8-17(2)3)14(15)16-11;1-3-7-17-13-10-8-9(4-2)18-12(10)6-5-11(13)16-14(17)15/h5-6,9H,4,7-8H2,1-3H3,(H2,15,16);5-6,9H,3-4,7-8H2,1-2H3,(H2,15,16). The molecule has 4 aromatic rings. The fourth-order valence-electron chi connectivity index (χ4n) is 5.43. The Morgan fingerprint density at radius 3 is 1.76 bits per heavy atom. The number of hydrogen-bond acceptors (Lipinski definition) is 7. The van der Waals surface area contributed by atoms with Crippen LogP contribution >= 0.6 is 0 Å². The molecule has 0 bridgehead atoms. The summed E-state index contributed by atoms with van der Waals surface area (Å²) in [4.78, 5) is 11.0. The quantitative estimate of drug-likeness (QED) is 0.394. The molecule has 0 spiro atoms. The molecule has 2 aliphatic heterocycles. The molecule has 37 heavy (non-hydrogen) atoms. The molecule has 2 aliphatic rings. The Bertz CT molecular complexity index is 1420. The van der Waals surface area contributed by atoms with Crippen LogP contribution in [0.5, 0.6) is 11.5 Å². The maximum absolute atomic E-state index is 6.05. The Balaban J connectivity index is 0.000000152. The number of anilines is 2. The first kappa shape index (κ1) is 25.2. The first-order valence-corrected chi connectivity index (χ1v) is 13.4. The van der Waals surface area contributed by atoms with Crippen LogP contribution in [0.15, 0.2) is 24.3 Å². The molecule has 9 heteroatoms. The van der Waals surface area contributed by atoms with Gasteiger partial charge in [-0.3, -0.25) is 9.47 Å². The van der Waals surface area contributed by atoms with Crippen LogP contribution in [-0.2, 0) is 26.1 Å². The van der Waals surface area contributed by atoms with E-state index in [-0.39, 0.29) is 6.10 Å². The molecular weight excluding hydrogens is 466 g/mol. The first-order valence-electron chi connectivity index (χ1n) is 13.4. The summed E-state index contributed by atoms with van der Waals surface area (Å²) >= 11 is 0. The summed E-state index contributed by atoms with van der Waals surface area (Å²) in [5.74, 6) is 3.17. The third-order valence-electron chi connectivity index (χ3n) is 7.23. The number of nitrogen functional groups attached to an aromatic ring is 2. The Morgan fingerprint density at radius 1 is 0.811 bits per heavy atom. The summed E-state index contributed by atoms with van der Waals surface area (Å²) in [6, 6.07) is 8.04. The predicted octanol–water partition coefficient (Wildman–Crippen LogP) is 4.59. The third-order valence-corrected chi connectivity index (χ3v) is 7.23. The van der Waals surface area contributed by atoms with Crippen LogP contribution in [0.2, 0.25) is 0 Å². The number of ether oxygens (including phenoxy) is 2. The monoisotopic (exact) mass is 505 g/mol. The van der Waals surface area contributed by atoms with Crippen molar-refractivity contribution in [3.63, 3.8) is 0 Å². The molecule has 0 saturated carbocycles. The predicted molar refractivity (Wildman–Crippen MR) is 149 cm³/mol. The first-order chi connectivity index (χ1) is 17.8. The molecule has 0 saturated heterocycles. The lowest BCUT2D eigenvalue weighted by molar-refractivity contribution is 0.228. The van der Waals surface area contributed by atoms with Gasteiger partial charge >= 0.3 is 0 Å². The van der Waals surface area contributed by atoms with Crippen LogP contribution in [0.25, 0.3) is 22.1 Å². The smallest absolute Gasteiger partial charge is 0.202 e. The number of aromatic nitrogens is 4. The van der Waals surface area contributed by atoms with Crippen molar-refractivity contribution in [2.45, 2.75) is 78.3 Å². The summed E-state index contributed by atoms with van der Waals surface area (Å²) in [6.45, 7) is 8.11. The molecule has 2 aromatic carbocycles. The molecule has 198 valence electrons. The zero-order valence-electron chi connectivity index (χ0n) is 22.6. The van der Waals surface area contributed by atoms with Gasteiger partial charge in [-0.15, -0.1) is 0 Å². The highest BCUT2D eigenvalue weighted by molar-refractivity contribution is 5.85. The molecule has 4 N–H and O–H groups in total. The van der Waals surface area contributed by atoms with Gasteiger partial charge in [-0.2, -0.15) is 0 Å². The second-order valence-corrected chi connectivity index (χ2v) is 10.3. The van der Waals surface area contributed by atoms with Gasteiger partial charge < -0.3 is 25.5 Å². The Labute approximate surface area is 218 Å². The average molecular weight is 506 g/mol. The number of nitrogens with zero attached hydrogens (tertiary/aromatic N) is 5. The van der Waals surface area contributed by atoms with Crippen molar-refractivity contribution in [3.05, 3.63) is 35.4 Å². The van der Waals surface area contributed by atoms with Crippen molar-refractivity contribution in [1.29, 1.82) is 0 Å². The van der Waals surface area contributed by atoms with E-state index in [0.717, 1.165) is 73.4 Å². The maximum Gasteiger partial charge on any atom is 0.202 e. The van der Waals surface area contributed by atoms with Gasteiger partial charge in [-0.1, -0.05) is 20.8 Å². The van der Waals surface area contributed by atoms with Crippen molar-refractivity contribution in [2.24, 2.45) is 0 Å². The van der Waals surface area contributed by atoms with E-state index in [2.05, 4.69) is 44.8 Å². The lowest BCUT2D eigenvalue weighted by Crippen LogP contribution is -2.18. The molecule has 0 fully saturated rings. The minimum Gasteiger partial charge on any atom is -0.490 e. The van der Waals surface area contributed by atoms with Crippen LogP contribution < -0.4 is 20.9 Å². The second kappa shape index (κ2) is 10.1. The molecule has 0 aliphatic carbocycles. The number of aryl methyl sites for hydroxylation is 1. The van der Waals surface area contributed by atoms with Crippen LogP contribution in [0.1, 0.15) is 51.2 Å². The van der Waals surface area contributed by atoms with Gasteiger partial charge in [-0.05, 0) is 57.6 Å². The third kappa shape index (κ3) is 4.56. The van der Waals surface area contributed by atoms with Gasteiger partial charge in [-0.25, -0.2) is 9.97 Å². The average Bonchev–Trinajstić information content (AvgIpc) is 3.62. The van der Waals surface area contributed by atoms with Crippen molar-refractivity contribution >= 4 is 34.0 Å². The van der Waals surface area contributed by atoms with Crippen LogP contribution in [-0.4, -0.2) is 50.3 Å². The summed E-state index contributed by atoms with van der Waals surface area (Å²) in [7, 11) is 4.06. The zero-order valence-corrected chi connectivity index (χ0v) is 22.6. The highest BCUT2D eigenvalue weighted by atomic mass is 16.5. The largest absolute Gasteiger partial charge is 0.490 e. The lowest BCUT2D eigenvalue weighted by Gasteiger charge is -2.13. The van der Waals surface area contributed by atoms with Gasteiger partial charge in [0.2, 0.25) is 11.9 Å². The minimum atomic E-state index is 0.282. The van der Waals surface area contributed by atoms with E-state index >= 15 is 0 Å². The molecule has 2 unspecified atom stereocenters. The molecule has 0 radical (unpaired) electrons. The molecule has 0 amide bonds. The Hall–Kier alpha value is -3.46. The zero-order chi connectivity index (χ0) is 26.3. The van der Waals surface area contributed by atoms with E-state index in [1.807, 2.05) is 38.4 Å². The van der Waals surface area contributed by atoms with Gasteiger partial charge in [0.25, 0.3) is 0 Å². The van der Waals surface area contributed by atoms with E-state index in [0.29, 0.717) is 18.0 Å². The van der Waals surface area contributed by atoms with E-state index in [1.165, 1.54) is 16.6 Å². The van der Waals surface area contributed by atoms with Crippen molar-refractivity contribution in [3.8, 4) is 11.5 Å². The topological polar surface area (TPSA) is 109 Å². The molecular formula is C28H39N7O2. The van der Waals surface area contributed by atoms with Gasteiger partial charge in [0.05, 0.1) is 28.7 Å². The van der Waals surface area contributed by atoms with Crippen molar-refractivity contribution in [2.75, 3.05) is 25.6 Å². The lowest BCUT2D eigenvalue weighted by atomic mass is 10.1. The fraction of sp³-hybridized carbons (Fsp3) is 0.500. The maximum atomic E-state index is 6.05. The number of benzene rings is 2. The van der Waals surface area contributed by atoms with E-state index in [4.69, 9.17) is 20.9 Å². The number of nitrogens with two attached hydrogens (primary N) is 2. The molecule has 9 nitrogen and oxygen atoms in total. The van der Waals surface area contributed by atoms with E-state index in [9.17, 15) is 0 Å². The van der Waals surface area contributed by atoms with Crippen LogP contribution in [0, 0.1) is 0 Å². The van der Waals surface area contributed by atoms with E-state index < -0.39 is 0 Å². The minimum absolute atomic E-state index is 0.282. The van der Waals surface area contributed by atoms with Gasteiger partial charge in [0, 0.05) is 30.5 Å². The van der Waals surface area contributed by atoms with Crippen molar-refractivity contribution in [1.82, 2.24) is 24.0 Å². The summed E-state index contributed by atoms with van der Waals surface area (Å²) in [5.41, 5.74) is 18.8. The highest BCUT2D eigenvalue weighted by Crippen LogP contribution is 2.38. The van der Waals surface area contributed by atoms with E-state index in [1.54, 1.807) is 0 Å². The number of hydrogen-bond donors (Lipinski definition) is 2. The summed E-state index contributed by atoms with van der Waals surface area (Å²) in [6.07, 6.45) is 5.61. The fourth-order valence-corrected chi connectivity index (χ4v) is 5.43. The number of imidazole rings is 2. The molecule has 4 heterocycles. The number of rotatable bonds is 6. The number of fused-ring (bicyclic) bond motifs is 6. The van der Waals surface area contributed by atoms with Crippen LogP contribution in [0.3, 0.4) is 0 Å². The summed E-state index contributed by atoms with van der Waals surface area (Å²) in [5, 5.41) is 0. The van der Waals surface area contributed by atoms with Crippen LogP contribution in [0.4, 0.5) is 11.9 Å². The van der Waals surface area contributed by atoms with Crippen molar-refractivity contribution < 1.29 is 9.47 Å². The van der Waals surface area contributed by atoms with Gasteiger partial charge in [0.1, 0.15) is 23.7 Å². The molecule has 2 aromatic heterocycles. The Kier molecular flexibility index (Phi) is 6.90. The second-order valence-electron chi connectivity index (χ2n) is 10.3. The normalized spacial score (nSPS) is 18.0. The van der Waals surface area contributed by atoms with Gasteiger partial charge in [0.15, 0.2) is 0 Å². The molecule has 6 rings (SSSR count). The molecule has 2 atom stereocenters.